The second-order valence-corrected chi connectivity index (χ2v) is 7.02. The summed E-state index contributed by atoms with van der Waals surface area (Å²) in [5.41, 5.74) is 1.60. The van der Waals surface area contributed by atoms with Crippen LogP contribution in [0, 0.1) is 0 Å². The van der Waals surface area contributed by atoms with Gasteiger partial charge in [0.15, 0.2) is 0 Å². The standard InChI is InChI=1S/C20H32N2O2/c1-3-22(4-2)16-18-10-8-9-17(13-18)15-21-19(23)14-20(24)11-6-5-7-12-20/h8-10,13,24H,3-7,11-12,14-16H2,1-2H3,(H,21,23). The minimum absolute atomic E-state index is 0.0476. The maximum Gasteiger partial charge on any atom is 0.223 e. The SMILES string of the molecule is CCN(CC)Cc1cccc(CNC(=O)CC2(O)CCCCC2)c1. The van der Waals surface area contributed by atoms with Gasteiger partial charge in [-0.15, -0.1) is 0 Å². The Morgan fingerprint density at radius 3 is 2.50 bits per heavy atom. The molecule has 2 N–H and O–H groups in total. The molecule has 0 radical (unpaired) electrons. The molecule has 0 aromatic heterocycles. The number of aliphatic hydroxyl groups is 1. The monoisotopic (exact) mass is 332 g/mol. The Bertz CT molecular complexity index is 520. The number of rotatable bonds is 8. The average molecular weight is 332 g/mol. The van der Waals surface area contributed by atoms with Gasteiger partial charge in [0.1, 0.15) is 0 Å². The molecule has 1 aliphatic carbocycles. The number of hydrogen-bond donors (Lipinski definition) is 2. The number of carbonyl (C=O) groups excluding carboxylic acids is 1. The van der Waals surface area contributed by atoms with Crippen molar-refractivity contribution in [2.45, 2.75) is 71.1 Å². The molecule has 1 aliphatic rings. The third kappa shape index (κ3) is 5.91. The third-order valence-electron chi connectivity index (χ3n) is 5.06. The Balaban J connectivity index is 1.84. The van der Waals surface area contributed by atoms with Crippen LogP contribution in [0.25, 0.3) is 0 Å². The first kappa shape index (κ1) is 18.9. The molecule has 1 aromatic rings. The molecular weight excluding hydrogens is 300 g/mol. The maximum absolute atomic E-state index is 12.2. The second-order valence-electron chi connectivity index (χ2n) is 7.02. The molecule has 1 fully saturated rings. The maximum atomic E-state index is 12.2. The van der Waals surface area contributed by atoms with Crippen molar-refractivity contribution in [3.63, 3.8) is 0 Å². The predicted molar refractivity (Wildman–Crippen MR) is 97.6 cm³/mol. The average Bonchev–Trinajstić information content (AvgIpc) is 2.58. The van der Waals surface area contributed by atoms with Gasteiger partial charge in [-0.25, -0.2) is 0 Å². The fraction of sp³-hybridized carbons (Fsp3) is 0.650. The van der Waals surface area contributed by atoms with Gasteiger partial charge in [0, 0.05) is 13.1 Å². The minimum Gasteiger partial charge on any atom is -0.389 e. The first-order chi connectivity index (χ1) is 11.5. The van der Waals surface area contributed by atoms with Crippen LogP contribution in [0.1, 0.15) is 63.5 Å². The van der Waals surface area contributed by atoms with Crippen LogP contribution in [0.2, 0.25) is 0 Å². The van der Waals surface area contributed by atoms with Crippen molar-refractivity contribution >= 4 is 5.91 Å². The van der Waals surface area contributed by atoms with E-state index in [1.54, 1.807) is 0 Å². The molecule has 4 heteroatoms. The molecule has 24 heavy (non-hydrogen) atoms. The highest BCUT2D eigenvalue weighted by Gasteiger charge is 2.31. The van der Waals surface area contributed by atoms with Gasteiger partial charge in [0.05, 0.1) is 12.0 Å². The van der Waals surface area contributed by atoms with E-state index in [-0.39, 0.29) is 12.3 Å². The molecule has 1 amide bonds. The minimum atomic E-state index is -0.785. The smallest absolute Gasteiger partial charge is 0.223 e. The Morgan fingerprint density at radius 1 is 1.17 bits per heavy atom. The van der Waals surface area contributed by atoms with Crippen LogP contribution in [-0.2, 0) is 17.9 Å². The normalized spacial score (nSPS) is 17.0. The molecule has 0 saturated heterocycles. The molecule has 0 unspecified atom stereocenters. The van der Waals surface area contributed by atoms with Crippen LogP contribution in [-0.4, -0.2) is 34.6 Å². The van der Waals surface area contributed by atoms with Gasteiger partial charge in [0.25, 0.3) is 0 Å². The van der Waals surface area contributed by atoms with E-state index in [0.717, 1.165) is 50.9 Å². The van der Waals surface area contributed by atoms with E-state index >= 15 is 0 Å². The highest BCUT2D eigenvalue weighted by atomic mass is 16.3. The molecule has 1 aromatic carbocycles. The summed E-state index contributed by atoms with van der Waals surface area (Å²) >= 11 is 0. The second kappa shape index (κ2) is 9.19. The number of nitrogens with one attached hydrogen (secondary N) is 1. The van der Waals surface area contributed by atoms with E-state index in [9.17, 15) is 9.90 Å². The van der Waals surface area contributed by atoms with Crippen LogP contribution in [0.4, 0.5) is 0 Å². The van der Waals surface area contributed by atoms with E-state index < -0.39 is 5.60 Å². The van der Waals surface area contributed by atoms with Crippen molar-refractivity contribution in [2.24, 2.45) is 0 Å². The van der Waals surface area contributed by atoms with Crippen LogP contribution in [0.15, 0.2) is 24.3 Å². The molecular formula is C20H32N2O2. The number of amides is 1. The van der Waals surface area contributed by atoms with Crippen molar-refractivity contribution in [3.05, 3.63) is 35.4 Å². The number of hydrogen-bond acceptors (Lipinski definition) is 3. The van der Waals surface area contributed by atoms with E-state index in [0.29, 0.717) is 6.54 Å². The lowest BCUT2D eigenvalue weighted by atomic mass is 9.82. The van der Waals surface area contributed by atoms with E-state index in [2.05, 4.69) is 42.3 Å². The molecule has 0 spiro atoms. The van der Waals surface area contributed by atoms with E-state index in [4.69, 9.17) is 0 Å². The first-order valence-electron chi connectivity index (χ1n) is 9.34. The Morgan fingerprint density at radius 2 is 1.83 bits per heavy atom. The van der Waals surface area contributed by atoms with Gasteiger partial charge in [-0.2, -0.15) is 0 Å². The number of carbonyl (C=O) groups is 1. The predicted octanol–water partition coefficient (Wildman–Crippen LogP) is 3.23. The summed E-state index contributed by atoms with van der Waals surface area (Å²) in [6, 6.07) is 8.39. The zero-order valence-electron chi connectivity index (χ0n) is 15.2. The van der Waals surface area contributed by atoms with Gasteiger partial charge in [0.2, 0.25) is 5.91 Å². The summed E-state index contributed by atoms with van der Waals surface area (Å²) < 4.78 is 0. The van der Waals surface area contributed by atoms with Gasteiger partial charge >= 0.3 is 0 Å². The summed E-state index contributed by atoms with van der Waals surface area (Å²) in [4.78, 5) is 14.5. The highest BCUT2D eigenvalue weighted by molar-refractivity contribution is 5.77. The lowest BCUT2D eigenvalue weighted by molar-refractivity contribution is -0.127. The Kier molecular flexibility index (Phi) is 7.25. The van der Waals surface area contributed by atoms with Crippen molar-refractivity contribution in [2.75, 3.05) is 13.1 Å². The van der Waals surface area contributed by atoms with Gasteiger partial charge in [-0.1, -0.05) is 57.4 Å². The molecule has 134 valence electrons. The Hall–Kier alpha value is -1.39. The van der Waals surface area contributed by atoms with Gasteiger partial charge < -0.3 is 10.4 Å². The van der Waals surface area contributed by atoms with Crippen LogP contribution in [0.5, 0.6) is 0 Å². The molecule has 0 bridgehead atoms. The van der Waals surface area contributed by atoms with Gasteiger partial charge in [-0.3, -0.25) is 9.69 Å². The first-order valence-corrected chi connectivity index (χ1v) is 9.34. The van der Waals surface area contributed by atoms with Crippen molar-refractivity contribution in [3.8, 4) is 0 Å². The lowest BCUT2D eigenvalue weighted by Gasteiger charge is -2.31. The Labute approximate surface area is 146 Å². The highest BCUT2D eigenvalue weighted by Crippen LogP contribution is 2.30. The van der Waals surface area contributed by atoms with Crippen LogP contribution in [0.3, 0.4) is 0 Å². The topological polar surface area (TPSA) is 52.6 Å². The zero-order chi connectivity index (χ0) is 17.4. The molecule has 0 atom stereocenters. The summed E-state index contributed by atoms with van der Waals surface area (Å²) in [5, 5.41) is 13.4. The molecule has 0 heterocycles. The van der Waals surface area contributed by atoms with Crippen molar-refractivity contribution in [1.82, 2.24) is 10.2 Å². The number of nitrogens with zero attached hydrogens (tertiary/aromatic N) is 1. The largest absolute Gasteiger partial charge is 0.389 e. The molecule has 0 aliphatic heterocycles. The van der Waals surface area contributed by atoms with Gasteiger partial charge in [-0.05, 0) is 37.1 Å². The fourth-order valence-corrected chi connectivity index (χ4v) is 3.49. The molecule has 1 saturated carbocycles. The third-order valence-corrected chi connectivity index (χ3v) is 5.06. The van der Waals surface area contributed by atoms with Crippen molar-refractivity contribution < 1.29 is 9.90 Å². The van der Waals surface area contributed by atoms with Crippen molar-refractivity contribution in [1.29, 1.82) is 0 Å². The fourth-order valence-electron chi connectivity index (χ4n) is 3.49. The van der Waals surface area contributed by atoms with E-state index in [1.165, 1.54) is 12.0 Å². The summed E-state index contributed by atoms with van der Waals surface area (Å²) in [6.45, 7) is 7.88. The molecule has 2 rings (SSSR count). The summed E-state index contributed by atoms with van der Waals surface area (Å²) in [7, 11) is 0. The zero-order valence-corrected chi connectivity index (χ0v) is 15.2. The lowest BCUT2D eigenvalue weighted by Crippen LogP contribution is -2.38. The molecule has 4 nitrogen and oxygen atoms in total. The summed E-state index contributed by atoms with van der Waals surface area (Å²) in [6.07, 6.45) is 4.95. The van der Waals surface area contributed by atoms with E-state index in [1.807, 2.05) is 6.07 Å². The quantitative estimate of drug-likeness (QED) is 0.768. The van der Waals surface area contributed by atoms with Crippen LogP contribution < -0.4 is 5.32 Å². The van der Waals surface area contributed by atoms with Crippen LogP contribution >= 0.6 is 0 Å². The summed E-state index contributed by atoms with van der Waals surface area (Å²) in [5.74, 6) is -0.0476. The number of benzene rings is 1.